The second kappa shape index (κ2) is 22.8. The molecule has 0 aromatic carbocycles. The second-order valence-electron chi connectivity index (χ2n) is 0.671. The number of aliphatic carboxylic acids is 2. The van der Waals surface area contributed by atoms with Crippen molar-refractivity contribution >= 4 is 18.4 Å². The van der Waals surface area contributed by atoms with E-state index < -0.39 is 18.4 Å². The predicted octanol–water partition coefficient (Wildman–Crippen LogP) is -4.02. The molecule has 9 nitrogen and oxygen atoms in total. The Morgan fingerprint density at radius 1 is 0.917 bits per heavy atom. The number of carbonyl (C=O) groups excluding carboxylic acids is 3. The summed E-state index contributed by atoms with van der Waals surface area (Å²) in [6.07, 6.45) is 0. The summed E-state index contributed by atoms with van der Waals surface area (Å²) in [5.74, 6) is -4.37. The van der Waals surface area contributed by atoms with E-state index in [-0.39, 0.29) is 18.5 Å². The molecule has 0 amide bonds. The Hall–Kier alpha value is -1.71. The molecule has 0 aliphatic carbocycles. The molecule has 0 saturated carbocycles. The molecule has 12 heavy (non-hydrogen) atoms. The molecule has 9 heteroatoms. The van der Waals surface area contributed by atoms with Crippen molar-refractivity contribution in [1.82, 2.24) is 18.5 Å². The van der Waals surface area contributed by atoms with Gasteiger partial charge in [-0.15, -0.1) is 0 Å². The third-order valence-electron chi connectivity index (χ3n) is 0.167. The Bertz CT molecular complexity index is 113. The van der Waals surface area contributed by atoms with Crippen LogP contribution in [0.5, 0.6) is 0 Å². The second-order valence-corrected chi connectivity index (χ2v) is 0.671. The van der Waals surface area contributed by atoms with Gasteiger partial charge >= 0.3 is 0 Å². The van der Waals surface area contributed by atoms with Crippen molar-refractivity contribution in [2.45, 2.75) is 0 Å². The van der Waals surface area contributed by atoms with Crippen LogP contribution in [0.2, 0.25) is 0 Å². The molecule has 0 saturated heterocycles. The summed E-state index contributed by atoms with van der Waals surface area (Å²) in [6, 6.07) is 0. The van der Waals surface area contributed by atoms with E-state index in [0.29, 0.717) is 0 Å². The van der Waals surface area contributed by atoms with Gasteiger partial charge in [0.05, 0.1) is 11.9 Å². The van der Waals surface area contributed by atoms with Gasteiger partial charge < -0.3 is 48.2 Å². The molecule has 0 bridgehead atoms. The van der Waals surface area contributed by atoms with Crippen LogP contribution >= 0.6 is 0 Å². The highest BCUT2D eigenvalue weighted by Crippen LogP contribution is 1.41. The van der Waals surface area contributed by atoms with Crippen LogP contribution in [0.3, 0.4) is 0 Å². The molecule has 0 atom stereocenters. The van der Waals surface area contributed by atoms with Crippen LogP contribution in [-0.2, 0) is 14.4 Å². The first-order chi connectivity index (χ1) is 4.06. The lowest BCUT2D eigenvalue weighted by Crippen LogP contribution is -2.42. The van der Waals surface area contributed by atoms with Crippen molar-refractivity contribution in [1.29, 1.82) is 0 Å². The lowest BCUT2D eigenvalue weighted by molar-refractivity contribution is -0.345. The van der Waals surface area contributed by atoms with Crippen LogP contribution in [-0.4, -0.2) is 18.4 Å². The zero-order chi connectivity index (χ0) is 7.86. The molecule has 12 N–H and O–H groups in total. The van der Waals surface area contributed by atoms with Gasteiger partial charge in [-0.3, -0.25) is 0 Å². The zero-order valence-corrected chi connectivity index (χ0v) is 7.03. The lowest BCUT2D eigenvalue weighted by atomic mass is 10.7. The van der Waals surface area contributed by atoms with Crippen LogP contribution in [0.4, 0.5) is 0 Å². The molecule has 0 radical (unpaired) electrons. The SMILES string of the molecule is O=C([O-])C(=O)[O-].O=C[O-].[NH4+].[NH4+].[NH4+]. The third-order valence-corrected chi connectivity index (χ3v) is 0.167. The van der Waals surface area contributed by atoms with E-state index in [1.165, 1.54) is 0 Å². The predicted molar refractivity (Wildman–Crippen MR) is 34.0 cm³/mol. The zero-order valence-electron chi connectivity index (χ0n) is 7.03. The highest BCUT2D eigenvalue weighted by molar-refractivity contribution is 6.25. The first-order valence-electron chi connectivity index (χ1n) is 1.54. The summed E-state index contributed by atoms with van der Waals surface area (Å²) >= 11 is 0. The average molecular weight is 187 g/mol. The highest BCUT2D eigenvalue weighted by atomic mass is 16.4. The number of hydrogen-bond acceptors (Lipinski definition) is 6. The minimum absolute atomic E-state index is 0. The summed E-state index contributed by atoms with van der Waals surface area (Å²) in [5.41, 5.74) is 0. The monoisotopic (exact) mass is 187 g/mol. The third kappa shape index (κ3) is 84.0. The number of carboxylic acid groups (broad SMARTS) is 3. The molecule has 0 aliphatic heterocycles. The summed E-state index contributed by atoms with van der Waals surface area (Å²) < 4.78 is 0. The van der Waals surface area contributed by atoms with Gasteiger partial charge in [0, 0.05) is 6.47 Å². The Labute approximate surface area is 67.7 Å². The lowest BCUT2D eigenvalue weighted by Gasteiger charge is -1.97. The number of carbonyl (C=O) groups is 3. The quantitative estimate of drug-likeness (QED) is 0.252. The van der Waals surface area contributed by atoms with E-state index in [1.807, 2.05) is 0 Å². The molecule has 0 heterocycles. The highest BCUT2D eigenvalue weighted by Gasteiger charge is 1.74. The van der Waals surface area contributed by atoms with Crippen LogP contribution in [0.1, 0.15) is 0 Å². The van der Waals surface area contributed by atoms with Crippen molar-refractivity contribution in [3.8, 4) is 0 Å². The fourth-order valence-corrected chi connectivity index (χ4v) is 0. The molecule has 0 aromatic heterocycles. The van der Waals surface area contributed by atoms with Crippen molar-refractivity contribution < 1.29 is 29.7 Å². The van der Waals surface area contributed by atoms with Crippen LogP contribution in [0, 0.1) is 0 Å². The van der Waals surface area contributed by atoms with Gasteiger partial charge in [0.1, 0.15) is 0 Å². The van der Waals surface area contributed by atoms with Crippen LogP contribution in [0.15, 0.2) is 0 Å². The number of quaternary nitrogens is 3. The molecule has 0 aliphatic rings. The molecule has 0 fully saturated rings. The molecule has 0 rings (SSSR count). The van der Waals surface area contributed by atoms with Gasteiger partial charge in [0.25, 0.3) is 0 Å². The number of hydrogen-bond donors (Lipinski definition) is 3. The number of rotatable bonds is 0. The normalized spacial score (nSPS) is 4.67. The van der Waals surface area contributed by atoms with Crippen molar-refractivity contribution in [3.05, 3.63) is 0 Å². The molecule has 0 aromatic rings. The van der Waals surface area contributed by atoms with E-state index in [1.54, 1.807) is 0 Å². The van der Waals surface area contributed by atoms with E-state index in [4.69, 9.17) is 29.7 Å². The Morgan fingerprint density at radius 3 is 1.00 bits per heavy atom. The molecule has 0 unspecified atom stereocenters. The van der Waals surface area contributed by atoms with E-state index in [9.17, 15) is 0 Å². The van der Waals surface area contributed by atoms with Crippen LogP contribution in [0.25, 0.3) is 0 Å². The van der Waals surface area contributed by atoms with Gasteiger partial charge in [-0.1, -0.05) is 0 Å². The maximum Gasteiger partial charge on any atom is 0.0870 e. The van der Waals surface area contributed by atoms with Gasteiger partial charge in [-0.05, 0) is 0 Å². The van der Waals surface area contributed by atoms with Crippen molar-refractivity contribution in [2.75, 3.05) is 0 Å². The topological polar surface area (TPSA) is 230 Å². The molecule has 76 valence electrons. The number of carboxylic acids is 2. The fraction of sp³-hybridized carbons (Fsp3) is 0. The van der Waals surface area contributed by atoms with E-state index in [0.717, 1.165) is 0 Å². The molecular weight excluding hydrogens is 174 g/mol. The maximum absolute atomic E-state index is 8.93. The maximum atomic E-state index is 8.93. The van der Waals surface area contributed by atoms with Crippen molar-refractivity contribution in [2.24, 2.45) is 0 Å². The van der Waals surface area contributed by atoms with Crippen molar-refractivity contribution in [3.63, 3.8) is 0 Å². The summed E-state index contributed by atoms with van der Waals surface area (Å²) in [6.45, 7) is -0.500. The largest absolute Gasteiger partial charge is 0.554 e. The summed E-state index contributed by atoms with van der Waals surface area (Å²) in [4.78, 5) is 26.1. The summed E-state index contributed by atoms with van der Waals surface area (Å²) in [7, 11) is 0. The van der Waals surface area contributed by atoms with Gasteiger partial charge in [-0.25, -0.2) is 0 Å². The first kappa shape index (κ1) is 31.7. The minimum Gasteiger partial charge on any atom is -0.554 e. The Balaban J connectivity index is -0.0000000246. The Morgan fingerprint density at radius 2 is 1.00 bits per heavy atom. The standard InChI is InChI=1S/C2H2O4.CH2O2.3H3N/c3-1(4)2(5)6;2-1-3;;;/h(H,3,4)(H,5,6);1H,(H,2,3);3*1H3. The van der Waals surface area contributed by atoms with E-state index in [2.05, 4.69) is 0 Å². The smallest absolute Gasteiger partial charge is 0.0870 e. The van der Waals surface area contributed by atoms with Gasteiger partial charge in [0.15, 0.2) is 0 Å². The first-order valence-corrected chi connectivity index (χ1v) is 1.54. The summed E-state index contributed by atoms with van der Waals surface area (Å²) in [5, 5.41) is 26.1. The molecule has 0 spiro atoms. The van der Waals surface area contributed by atoms with Crippen LogP contribution < -0.4 is 33.8 Å². The van der Waals surface area contributed by atoms with Gasteiger partial charge in [0.2, 0.25) is 0 Å². The minimum atomic E-state index is -2.19. The average Bonchev–Trinajstić information content (AvgIpc) is 1.68. The van der Waals surface area contributed by atoms with E-state index >= 15 is 0 Å². The van der Waals surface area contributed by atoms with Gasteiger partial charge in [-0.2, -0.15) is 0 Å². The Kier molecular flexibility index (Phi) is 60.3. The fourth-order valence-electron chi connectivity index (χ4n) is 0. The molecular formula is C3H13N3O6.